The van der Waals surface area contributed by atoms with Crippen LogP contribution in [0.3, 0.4) is 0 Å². The minimum absolute atomic E-state index is 1.13. The van der Waals surface area contributed by atoms with Gasteiger partial charge in [-0.05, 0) is 81.2 Å². The maximum atomic E-state index is 2.38. The van der Waals surface area contributed by atoms with Gasteiger partial charge in [-0.2, -0.15) is 0 Å². The Morgan fingerprint density at radius 3 is 1.58 bits per heavy atom. The lowest BCUT2D eigenvalue weighted by Crippen LogP contribution is -1.97. The van der Waals surface area contributed by atoms with Crippen molar-refractivity contribution in [3.63, 3.8) is 0 Å². The normalized spacial score (nSPS) is 14.2. The molecule has 0 saturated heterocycles. The SMILES string of the molecule is Cc1c2c(c(C)c3c1-c1sc4ccsc4c1C3)-c1sc3ccsc3c1C2. The third-order valence-electron chi connectivity index (χ3n) is 6.20. The highest BCUT2D eigenvalue weighted by Crippen LogP contribution is 2.56. The van der Waals surface area contributed by atoms with E-state index >= 15 is 0 Å². The van der Waals surface area contributed by atoms with E-state index in [1.165, 1.54) is 18.8 Å². The van der Waals surface area contributed by atoms with Crippen molar-refractivity contribution in [3.8, 4) is 20.9 Å². The number of hydrogen-bond donors (Lipinski definition) is 0. The van der Waals surface area contributed by atoms with Gasteiger partial charge in [0.15, 0.2) is 0 Å². The van der Waals surface area contributed by atoms with Gasteiger partial charge in [0.2, 0.25) is 0 Å². The van der Waals surface area contributed by atoms with Gasteiger partial charge in [-0.3, -0.25) is 0 Å². The number of benzene rings is 1. The molecule has 0 spiro atoms. The molecule has 0 N–H and O–H groups in total. The lowest BCUT2D eigenvalue weighted by Gasteiger charge is -2.16. The third-order valence-corrected chi connectivity index (χ3v) is 10.8. The molecule has 0 fully saturated rings. The Balaban J connectivity index is 1.57. The monoisotopic (exact) mass is 406 g/mol. The van der Waals surface area contributed by atoms with Gasteiger partial charge in [0.25, 0.3) is 0 Å². The van der Waals surface area contributed by atoms with Crippen LogP contribution in [0.15, 0.2) is 22.9 Å². The predicted octanol–water partition coefficient (Wildman–Crippen LogP) is 8.00. The minimum atomic E-state index is 1.13. The highest BCUT2D eigenvalue weighted by molar-refractivity contribution is 7.30. The van der Waals surface area contributed by atoms with E-state index in [9.17, 15) is 0 Å². The summed E-state index contributed by atoms with van der Waals surface area (Å²) in [5.41, 5.74) is 12.6. The van der Waals surface area contributed by atoms with E-state index in [0.717, 1.165) is 12.8 Å². The van der Waals surface area contributed by atoms with Crippen LogP contribution < -0.4 is 0 Å². The molecular formula is C22H14S4. The Bertz CT molecular complexity index is 1290. The van der Waals surface area contributed by atoms with Gasteiger partial charge in [-0.25, -0.2) is 0 Å². The molecule has 4 heteroatoms. The fourth-order valence-corrected chi connectivity index (χ4v) is 10.0. The van der Waals surface area contributed by atoms with Crippen molar-refractivity contribution < 1.29 is 0 Å². The highest BCUT2D eigenvalue weighted by atomic mass is 32.1. The van der Waals surface area contributed by atoms with Crippen LogP contribution in [0.1, 0.15) is 33.4 Å². The minimum Gasteiger partial charge on any atom is -0.143 e. The van der Waals surface area contributed by atoms with Gasteiger partial charge in [0, 0.05) is 41.4 Å². The molecule has 1 aromatic carbocycles. The molecule has 0 amide bonds. The lowest BCUT2D eigenvalue weighted by atomic mass is 9.90. The van der Waals surface area contributed by atoms with Crippen LogP contribution in [0.4, 0.5) is 0 Å². The number of thiophene rings is 4. The molecule has 4 heterocycles. The van der Waals surface area contributed by atoms with E-state index in [2.05, 4.69) is 36.7 Å². The summed E-state index contributed by atoms with van der Waals surface area (Å²) in [7, 11) is 0. The molecule has 0 aliphatic heterocycles. The van der Waals surface area contributed by atoms with E-state index in [1.54, 1.807) is 54.3 Å². The largest absolute Gasteiger partial charge is 0.143 e. The molecule has 0 saturated carbocycles. The first kappa shape index (κ1) is 14.6. The van der Waals surface area contributed by atoms with Crippen molar-refractivity contribution in [2.24, 2.45) is 0 Å². The average Bonchev–Trinajstić information content (AvgIpc) is 3.38. The molecule has 2 aliphatic rings. The van der Waals surface area contributed by atoms with E-state index in [0.29, 0.717) is 0 Å². The zero-order valence-electron chi connectivity index (χ0n) is 14.4. The third kappa shape index (κ3) is 1.54. The van der Waals surface area contributed by atoms with Gasteiger partial charge in [-0.15, -0.1) is 45.3 Å². The van der Waals surface area contributed by atoms with E-state index in [-0.39, 0.29) is 0 Å². The molecule has 2 aliphatic carbocycles. The molecule has 5 aromatic rings. The second-order valence-electron chi connectivity index (χ2n) is 7.36. The molecular weight excluding hydrogens is 393 g/mol. The predicted molar refractivity (Wildman–Crippen MR) is 119 cm³/mol. The van der Waals surface area contributed by atoms with Gasteiger partial charge < -0.3 is 0 Å². The van der Waals surface area contributed by atoms with Crippen LogP contribution >= 0.6 is 45.3 Å². The summed E-state index contributed by atoms with van der Waals surface area (Å²) >= 11 is 7.85. The molecule has 0 bridgehead atoms. The van der Waals surface area contributed by atoms with Crippen LogP contribution in [0, 0.1) is 13.8 Å². The number of fused-ring (bicyclic) bond motifs is 10. The number of hydrogen-bond acceptors (Lipinski definition) is 4. The van der Waals surface area contributed by atoms with Gasteiger partial charge in [0.1, 0.15) is 0 Å². The highest BCUT2D eigenvalue weighted by Gasteiger charge is 2.34. The molecule has 0 atom stereocenters. The summed E-state index contributed by atoms with van der Waals surface area (Å²) in [6, 6.07) is 4.59. The van der Waals surface area contributed by atoms with Gasteiger partial charge >= 0.3 is 0 Å². The van der Waals surface area contributed by atoms with E-state index < -0.39 is 0 Å². The van der Waals surface area contributed by atoms with Crippen molar-refractivity contribution in [3.05, 3.63) is 56.3 Å². The molecule has 126 valence electrons. The zero-order valence-corrected chi connectivity index (χ0v) is 17.6. The molecule has 4 aromatic heterocycles. The first-order valence-electron chi connectivity index (χ1n) is 8.85. The van der Waals surface area contributed by atoms with Crippen molar-refractivity contribution in [1.29, 1.82) is 0 Å². The molecule has 0 unspecified atom stereocenters. The Labute approximate surface area is 167 Å². The maximum absolute atomic E-state index is 2.38. The first-order valence-corrected chi connectivity index (χ1v) is 12.2. The van der Waals surface area contributed by atoms with Crippen molar-refractivity contribution in [2.45, 2.75) is 26.7 Å². The van der Waals surface area contributed by atoms with Crippen LogP contribution in [0.5, 0.6) is 0 Å². The summed E-state index contributed by atoms with van der Waals surface area (Å²) < 4.78 is 6.00. The molecule has 7 rings (SSSR count). The van der Waals surface area contributed by atoms with Crippen LogP contribution in [-0.4, -0.2) is 0 Å². The maximum Gasteiger partial charge on any atom is 0.0492 e. The Kier molecular flexibility index (Phi) is 2.63. The van der Waals surface area contributed by atoms with Crippen LogP contribution in [-0.2, 0) is 12.8 Å². The fourth-order valence-electron chi connectivity index (χ4n) is 5.01. The zero-order chi connectivity index (χ0) is 17.2. The summed E-state index contributed by atoms with van der Waals surface area (Å²) in [5, 5.41) is 4.49. The Morgan fingerprint density at radius 2 is 1.12 bits per heavy atom. The lowest BCUT2D eigenvalue weighted by molar-refractivity contribution is 1.18. The smallest absolute Gasteiger partial charge is 0.0492 e. The van der Waals surface area contributed by atoms with Crippen molar-refractivity contribution >= 4 is 64.1 Å². The van der Waals surface area contributed by atoms with Crippen molar-refractivity contribution in [2.75, 3.05) is 0 Å². The van der Waals surface area contributed by atoms with Crippen LogP contribution in [0.25, 0.3) is 39.7 Å². The standard InChI is InChI=1S/C22H14S4/c1-9-11-7-13-19-16(4-6-23-19)26-22(13)18(11)10(2)12-8-14-20-15(3-5-24-20)25-21(14)17(9)12/h3-6H,7-8H2,1-2H3. The summed E-state index contributed by atoms with van der Waals surface area (Å²) in [4.78, 5) is 3.11. The van der Waals surface area contributed by atoms with Gasteiger partial charge in [-0.1, -0.05) is 0 Å². The summed E-state index contributed by atoms with van der Waals surface area (Å²) in [5.74, 6) is 0. The molecule has 0 nitrogen and oxygen atoms in total. The van der Waals surface area contributed by atoms with Gasteiger partial charge in [0.05, 0.1) is 0 Å². The van der Waals surface area contributed by atoms with Crippen molar-refractivity contribution in [1.82, 2.24) is 0 Å². The van der Waals surface area contributed by atoms with E-state index in [1.807, 2.05) is 45.3 Å². The average molecular weight is 407 g/mol. The molecule has 0 radical (unpaired) electrons. The summed E-state index contributed by atoms with van der Waals surface area (Å²) in [6.07, 6.45) is 2.25. The summed E-state index contributed by atoms with van der Waals surface area (Å²) in [6.45, 7) is 4.75. The second-order valence-corrected chi connectivity index (χ2v) is 11.3. The fraction of sp³-hybridized carbons (Fsp3) is 0.182. The Hall–Kier alpha value is -1.46. The Morgan fingerprint density at radius 1 is 0.654 bits per heavy atom. The molecule has 26 heavy (non-hydrogen) atoms. The first-order chi connectivity index (χ1) is 12.7. The van der Waals surface area contributed by atoms with E-state index in [4.69, 9.17) is 0 Å². The topological polar surface area (TPSA) is 0 Å². The van der Waals surface area contributed by atoms with Crippen LogP contribution in [0.2, 0.25) is 0 Å². The number of rotatable bonds is 0. The quantitative estimate of drug-likeness (QED) is 0.239. The second kappa shape index (κ2) is 4.68.